The Labute approximate surface area is 195 Å². The molecule has 0 aliphatic rings. The van der Waals surface area contributed by atoms with Gasteiger partial charge in [0, 0.05) is 21.5 Å². The topological polar surface area (TPSA) is 21.4 Å². The molecule has 160 valence electrons. The molecule has 0 aliphatic carbocycles. The van der Waals surface area contributed by atoms with E-state index in [0.717, 1.165) is 27.6 Å². The van der Waals surface area contributed by atoms with Crippen LogP contribution in [0.25, 0.3) is 71.1 Å². The van der Waals surface area contributed by atoms with Crippen molar-refractivity contribution in [3.05, 3.63) is 96.6 Å². The van der Waals surface area contributed by atoms with Crippen LogP contribution in [0.5, 0.6) is 0 Å². The lowest BCUT2D eigenvalue weighted by molar-refractivity contribution is -0.617. The van der Waals surface area contributed by atoms with Crippen LogP contribution in [0.15, 0.2) is 95.4 Å². The van der Waals surface area contributed by atoms with E-state index < -0.39 is 0 Å². The molecule has 0 aliphatic heterocycles. The van der Waals surface area contributed by atoms with E-state index in [0.29, 0.717) is 0 Å². The van der Waals surface area contributed by atoms with Gasteiger partial charge < -0.3 is 4.42 Å². The summed E-state index contributed by atoms with van der Waals surface area (Å²) in [7, 11) is 2.17. The SMILES string of the molecule is Cc1cccc2c3ccccc3n3c4c5oc6ccc7ccccc7c6c5ccc4[n+](C)c3c12. The average molecular weight is 438 g/mol. The van der Waals surface area contributed by atoms with Crippen molar-refractivity contribution in [1.82, 2.24) is 4.40 Å². The summed E-state index contributed by atoms with van der Waals surface area (Å²) in [6.07, 6.45) is 0. The Morgan fingerprint density at radius 2 is 1.47 bits per heavy atom. The van der Waals surface area contributed by atoms with Gasteiger partial charge >= 0.3 is 0 Å². The first-order valence-corrected chi connectivity index (χ1v) is 11.7. The Balaban J connectivity index is 1.73. The molecule has 0 unspecified atom stereocenters. The van der Waals surface area contributed by atoms with Crippen molar-refractivity contribution in [3.63, 3.8) is 0 Å². The van der Waals surface area contributed by atoms with E-state index in [1.54, 1.807) is 0 Å². The maximum Gasteiger partial charge on any atom is 0.295 e. The molecule has 0 saturated carbocycles. The normalized spacial score (nSPS) is 12.4. The molecule has 0 atom stereocenters. The highest BCUT2D eigenvalue weighted by Crippen LogP contribution is 2.40. The lowest BCUT2D eigenvalue weighted by Gasteiger charge is -2.06. The van der Waals surface area contributed by atoms with Gasteiger partial charge in [-0.3, -0.25) is 0 Å². The van der Waals surface area contributed by atoms with Gasteiger partial charge in [-0.25, -0.2) is 4.57 Å². The number of benzene rings is 5. The molecule has 0 saturated heterocycles. The predicted octanol–water partition coefficient (Wildman–Crippen LogP) is 7.58. The van der Waals surface area contributed by atoms with Gasteiger partial charge in [0.2, 0.25) is 5.52 Å². The van der Waals surface area contributed by atoms with Gasteiger partial charge in [-0.15, -0.1) is 0 Å². The largest absolute Gasteiger partial charge is 0.451 e. The summed E-state index contributed by atoms with van der Waals surface area (Å²) in [5, 5.41) is 8.64. The van der Waals surface area contributed by atoms with Gasteiger partial charge in [0.1, 0.15) is 11.1 Å². The monoisotopic (exact) mass is 437 g/mol. The average Bonchev–Trinajstić information content (AvgIpc) is 3.40. The minimum Gasteiger partial charge on any atom is -0.451 e. The maximum atomic E-state index is 6.65. The lowest BCUT2D eigenvalue weighted by Crippen LogP contribution is -2.27. The van der Waals surface area contributed by atoms with Crippen LogP contribution in [0.2, 0.25) is 0 Å². The summed E-state index contributed by atoms with van der Waals surface area (Å²) >= 11 is 0. The molecule has 0 radical (unpaired) electrons. The molecule has 3 heterocycles. The molecule has 0 amide bonds. The van der Waals surface area contributed by atoms with E-state index in [2.05, 4.69) is 114 Å². The summed E-state index contributed by atoms with van der Waals surface area (Å²) in [6, 6.07) is 32.6. The van der Waals surface area contributed by atoms with Gasteiger partial charge in [0.05, 0.1) is 12.4 Å². The van der Waals surface area contributed by atoms with E-state index in [4.69, 9.17) is 4.42 Å². The van der Waals surface area contributed by atoms with Crippen molar-refractivity contribution in [3.8, 4) is 0 Å². The summed E-state index contributed by atoms with van der Waals surface area (Å²) in [6.45, 7) is 2.21. The number of aromatic nitrogens is 2. The molecule has 3 aromatic heterocycles. The van der Waals surface area contributed by atoms with Crippen molar-refractivity contribution in [2.24, 2.45) is 7.05 Å². The van der Waals surface area contributed by atoms with Crippen molar-refractivity contribution in [1.29, 1.82) is 0 Å². The van der Waals surface area contributed by atoms with Crippen molar-refractivity contribution in [2.75, 3.05) is 0 Å². The van der Waals surface area contributed by atoms with Gasteiger partial charge in [-0.2, -0.15) is 4.40 Å². The molecule has 0 N–H and O–H groups in total. The predicted molar refractivity (Wildman–Crippen MR) is 141 cm³/mol. The molecule has 3 heteroatoms. The van der Waals surface area contributed by atoms with E-state index in [9.17, 15) is 0 Å². The number of hydrogen-bond donors (Lipinski definition) is 0. The van der Waals surface area contributed by atoms with Crippen LogP contribution in [-0.4, -0.2) is 4.40 Å². The highest BCUT2D eigenvalue weighted by atomic mass is 16.3. The summed E-state index contributed by atoms with van der Waals surface area (Å²) in [4.78, 5) is 0. The number of imidazole rings is 1. The zero-order chi connectivity index (χ0) is 22.6. The Bertz CT molecular complexity index is 2140. The number of furan rings is 1. The molecule has 3 nitrogen and oxygen atoms in total. The van der Waals surface area contributed by atoms with Crippen LogP contribution < -0.4 is 4.57 Å². The van der Waals surface area contributed by atoms with E-state index in [-0.39, 0.29) is 0 Å². The summed E-state index contributed by atoms with van der Waals surface area (Å²) < 4.78 is 11.4. The molecule has 0 bridgehead atoms. The first-order valence-electron chi connectivity index (χ1n) is 11.7. The number of para-hydroxylation sites is 1. The number of fused-ring (bicyclic) bond motifs is 14. The first kappa shape index (κ1) is 18.1. The Morgan fingerprint density at radius 1 is 0.676 bits per heavy atom. The maximum absolute atomic E-state index is 6.65. The zero-order valence-corrected chi connectivity index (χ0v) is 19.0. The van der Waals surface area contributed by atoms with Crippen molar-refractivity contribution in [2.45, 2.75) is 6.92 Å². The quantitative estimate of drug-likeness (QED) is 0.177. The second-order valence-corrected chi connectivity index (χ2v) is 9.30. The minimum atomic E-state index is 0.931. The molecule has 5 aromatic carbocycles. The Kier molecular flexibility index (Phi) is 3.27. The molecule has 8 rings (SSSR count). The molecular weight excluding hydrogens is 416 g/mol. The number of nitrogens with zero attached hydrogens (tertiary/aromatic N) is 2. The molecule has 0 fully saturated rings. The third-order valence-electron chi connectivity index (χ3n) is 7.53. The fourth-order valence-electron chi connectivity index (χ4n) is 6.04. The van der Waals surface area contributed by atoms with Gasteiger partial charge in [0.15, 0.2) is 11.1 Å². The van der Waals surface area contributed by atoms with Crippen LogP contribution in [0.1, 0.15) is 5.56 Å². The Hall–Kier alpha value is -4.37. The lowest BCUT2D eigenvalue weighted by atomic mass is 10.0. The third-order valence-corrected chi connectivity index (χ3v) is 7.53. The Morgan fingerprint density at radius 3 is 2.38 bits per heavy atom. The van der Waals surface area contributed by atoms with Gasteiger partial charge in [-0.1, -0.05) is 66.7 Å². The van der Waals surface area contributed by atoms with Crippen LogP contribution in [0.4, 0.5) is 0 Å². The molecule has 34 heavy (non-hydrogen) atoms. The second-order valence-electron chi connectivity index (χ2n) is 9.30. The highest BCUT2D eigenvalue weighted by Gasteiger charge is 2.27. The smallest absolute Gasteiger partial charge is 0.295 e. The van der Waals surface area contributed by atoms with Crippen LogP contribution in [0, 0.1) is 6.92 Å². The van der Waals surface area contributed by atoms with Crippen LogP contribution in [0.3, 0.4) is 0 Å². The number of aryl methyl sites for hydroxylation is 2. The molecule has 8 aromatic rings. The summed E-state index contributed by atoms with van der Waals surface area (Å²) in [5.41, 5.74) is 7.82. The van der Waals surface area contributed by atoms with Crippen LogP contribution in [-0.2, 0) is 7.05 Å². The summed E-state index contributed by atoms with van der Waals surface area (Å²) in [5.74, 6) is 0. The van der Waals surface area contributed by atoms with E-state index >= 15 is 0 Å². The zero-order valence-electron chi connectivity index (χ0n) is 19.0. The number of hydrogen-bond acceptors (Lipinski definition) is 1. The van der Waals surface area contributed by atoms with E-state index in [1.807, 2.05) is 0 Å². The highest BCUT2D eigenvalue weighted by molar-refractivity contribution is 6.23. The van der Waals surface area contributed by atoms with Crippen LogP contribution >= 0.6 is 0 Å². The molecular formula is C31H21N2O+. The van der Waals surface area contributed by atoms with Gasteiger partial charge in [0.25, 0.3) is 5.65 Å². The minimum absolute atomic E-state index is 0.931. The van der Waals surface area contributed by atoms with Crippen molar-refractivity contribution < 1.29 is 8.98 Å². The fraction of sp³-hybridized carbons (Fsp3) is 0.0645. The number of pyridine rings is 1. The number of rotatable bonds is 0. The first-order chi connectivity index (χ1) is 16.7. The van der Waals surface area contributed by atoms with E-state index in [1.165, 1.54) is 49.0 Å². The standard InChI is InChI=1S/C31H21N2O/c1-18-8-7-12-22-21-11-5-6-13-24(21)33-29-25(32(2)31(33)27(18)22)16-15-23-28-20-10-4-3-9-19(20)14-17-26(28)34-30(23)29/h3-17H,1-2H3/q+1. The molecule has 0 spiro atoms. The second kappa shape index (κ2) is 6.15. The van der Waals surface area contributed by atoms with Crippen molar-refractivity contribution >= 4 is 71.1 Å². The third kappa shape index (κ3) is 2.06. The fourth-order valence-corrected chi connectivity index (χ4v) is 6.04. The van der Waals surface area contributed by atoms with Gasteiger partial charge in [-0.05, 0) is 47.5 Å².